The van der Waals surface area contributed by atoms with E-state index in [0.717, 1.165) is 13.0 Å². The van der Waals surface area contributed by atoms with E-state index in [1.807, 2.05) is 0 Å². The van der Waals surface area contributed by atoms with Gasteiger partial charge in [0.05, 0.1) is 10.5 Å². The monoisotopic (exact) mass is 311 g/mol. The number of hydrogen-bond acceptors (Lipinski definition) is 5. The van der Waals surface area contributed by atoms with Gasteiger partial charge in [-0.05, 0) is 13.0 Å². The van der Waals surface area contributed by atoms with Crippen molar-refractivity contribution in [2.45, 2.75) is 6.92 Å². The Bertz CT molecular complexity index is 783. The Hall–Kier alpha value is -3.15. The average Bonchev–Trinajstić information content (AvgIpc) is 2.55. The second-order valence-corrected chi connectivity index (χ2v) is 4.91. The number of benzene rings is 2. The van der Waals surface area contributed by atoms with E-state index >= 15 is 0 Å². The highest BCUT2D eigenvalue weighted by atomic mass is 16.6. The number of nitro benzene ring substituents is 1. The summed E-state index contributed by atoms with van der Waals surface area (Å²) in [5.41, 5.74) is -0.466. The minimum absolute atomic E-state index is 0.208. The molecule has 6 nitrogen and oxygen atoms in total. The molecule has 0 spiro atoms. The molecule has 0 bridgehead atoms. The standard InChI is InChI=1S/C17H13NO5/c1-11(19)15(16(20)12-7-3-2-4-8-12)17(21)13-9-5-6-10-14(13)18(22)23/h2-10,15H,1H3. The van der Waals surface area contributed by atoms with Gasteiger partial charge in [0, 0.05) is 11.6 Å². The molecular formula is C17H13NO5. The van der Waals surface area contributed by atoms with Gasteiger partial charge in [0.25, 0.3) is 5.69 Å². The lowest BCUT2D eigenvalue weighted by Gasteiger charge is -2.12. The molecule has 0 aliphatic carbocycles. The minimum Gasteiger partial charge on any atom is -0.299 e. The Morgan fingerprint density at radius 3 is 2.04 bits per heavy atom. The summed E-state index contributed by atoms with van der Waals surface area (Å²) in [5, 5.41) is 11.0. The highest BCUT2D eigenvalue weighted by Crippen LogP contribution is 2.23. The first-order valence-electron chi connectivity index (χ1n) is 6.81. The van der Waals surface area contributed by atoms with Crippen LogP contribution in [0.15, 0.2) is 54.6 Å². The van der Waals surface area contributed by atoms with E-state index in [4.69, 9.17) is 0 Å². The molecule has 116 valence electrons. The SMILES string of the molecule is CC(=O)C(C(=O)c1ccccc1)C(=O)c1ccccc1[N+](=O)[O-]. The average molecular weight is 311 g/mol. The number of ketones is 3. The number of nitrogens with zero attached hydrogens (tertiary/aromatic N) is 1. The van der Waals surface area contributed by atoms with Gasteiger partial charge in [0.2, 0.25) is 0 Å². The number of hydrogen-bond donors (Lipinski definition) is 0. The molecule has 0 aromatic heterocycles. The smallest absolute Gasteiger partial charge is 0.280 e. The van der Waals surface area contributed by atoms with Crippen LogP contribution in [-0.4, -0.2) is 22.3 Å². The quantitative estimate of drug-likeness (QED) is 0.354. The van der Waals surface area contributed by atoms with Gasteiger partial charge < -0.3 is 0 Å². The molecule has 1 unspecified atom stereocenters. The predicted molar refractivity (Wildman–Crippen MR) is 82.4 cm³/mol. The van der Waals surface area contributed by atoms with Crippen molar-refractivity contribution in [3.8, 4) is 0 Å². The number of nitro groups is 1. The maximum atomic E-state index is 12.6. The highest BCUT2D eigenvalue weighted by Gasteiger charge is 2.35. The number of carbonyl (C=O) groups is 3. The van der Waals surface area contributed by atoms with Crippen molar-refractivity contribution in [3.63, 3.8) is 0 Å². The van der Waals surface area contributed by atoms with Crippen molar-refractivity contribution in [2.24, 2.45) is 5.92 Å². The van der Waals surface area contributed by atoms with Crippen molar-refractivity contribution in [1.29, 1.82) is 0 Å². The number of para-hydroxylation sites is 1. The molecule has 1 atom stereocenters. The fourth-order valence-corrected chi connectivity index (χ4v) is 2.25. The summed E-state index contributed by atoms with van der Waals surface area (Å²) in [4.78, 5) is 47.2. The summed E-state index contributed by atoms with van der Waals surface area (Å²) in [6, 6.07) is 13.2. The molecule has 2 rings (SSSR count). The summed E-state index contributed by atoms with van der Waals surface area (Å²) in [7, 11) is 0. The summed E-state index contributed by atoms with van der Waals surface area (Å²) < 4.78 is 0. The van der Waals surface area contributed by atoms with Crippen LogP contribution in [0.3, 0.4) is 0 Å². The largest absolute Gasteiger partial charge is 0.299 e. The van der Waals surface area contributed by atoms with Gasteiger partial charge >= 0.3 is 0 Å². The van der Waals surface area contributed by atoms with E-state index in [9.17, 15) is 24.5 Å². The van der Waals surface area contributed by atoms with Crippen molar-refractivity contribution in [3.05, 3.63) is 75.8 Å². The summed E-state index contributed by atoms with van der Waals surface area (Å²) in [6.45, 7) is 1.12. The van der Waals surface area contributed by atoms with Gasteiger partial charge in [-0.1, -0.05) is 42.5 Å². The normalized spacial score (nSPS) is 11.5. The van der Waals surface area contributed by atoms with Crippen LogP contribution in [0, 0.1) is 16.0 Å². The van der Waals surface area contributed by atoms with Crippen LogP contribution in [0.2, 0.25) is 0 Å². The van der Waals surface area contributed by atoms with Crippen LogP contribution in [0.25, 0.3) is 0 Å². The molecular weight excluding hydrogens is 298 g/mol. The van der Waals surface area contributed by atoms with Crippen LogP contribution in [0.4, 0.5) is 5.69 Å². The van der Waals surface area contributed by atoms with Crippen LogP contribution in [0.5, 0.6) is 0 Å². The third kappa shape index (κ3) is 3.37. The van der Waals surface area contributed by atoms with Crippen molar-refractivity contribution in [2.75, 3.05) is 0 Å². The Morgan fingerprint density at radius 2 is 1.48 bits per heavy atom. The van der Waals surface area contributed by atoms with E-state index in [0.29, 0.717) is 0 Å². The topological polar surface area (TPSA) is 94.3 Å². The molecule has 0 aliphatic heterocycles. The lowest BCUT2D eigenvalue weighted by atomic mass is 9.87. The van der Waals surface area contributed by atoms with Gasteiger partial charge in [-0.3, -0.25) is 24.5 Å². The lowest BCUT2D eigenvalue weighted by Crippen LogP contribution is -2.31. The Morgan fingerprint density at radius 1 is 0.913 bits per heavy atom. The third-order valence-electron chi connectivity index (χ3n) is 3.36. The van der Waals surface area contributed by atoms with Crippen molar-refractivity contribution in [1.82, 2.24) is 0 Å². The molecule has 0 saturated heterocycles. The molecule has 0 saturated carbocycles. The third-order valence-corrected chi connectivity index (χ3v) is 3.36. The minimum atomic E-state index is -1.58. The molecule has 2 aromatic rings. The maximum Gasteiger partial charge on any atom is 0.280 e. The molecule has 6 heteroatoms. The van der Waals surface area contributed by atoms with Crippen LogP contribution in [-0.2, 0) is 4.79 Å². The maximum absolute atomic E-state index is 12.6. The first-order valence-corrected chi connectivity index (χ1v) is 6.81. The number of rotatable bonds is 6. The van der Waals surface area contributed by atoms with Crippen LogP contribution >= 0.6 is 0 Å². The van der Waals surface area contributed by atoms with Gasteiger partial charge in [-0.25, -0.2) is 0 Å². The molecule has 0 radical (unpaired) electrons. The lowest BCUT2D eigenvalue weighted by molar-refractivity contribution is -0.385. The number of Topliss-reactive ketones (excluding diaryl/α,β-unsaturated/α-hetero) is 3. The summed E-state index contributed by atoms with van der Waals surface area (Å²) >= 11 is 0. The fourth-order valence-electron chi connectivity index (χ4n) is 2.25. The second-order valence-electron chi connectivity index (χ2n) is 4.91. The van der Waals surface area contributed by atoms with Crippen molar-refractivity contribution >= 4 is 23.0 Å². The van der Waals surface area contributed by atoms with E-state index < -0.39 is 33.9 Å². The van der Waals surface area contributed by atoms with Crippen LogP contribution in [0.1, 0.15) is 27.6 Å². The number of carbonyl (C=O) groups excluding carboxylic acids is 3. The molecule has 0 N–H and O–H groups in total. The second kappa shape index (κ2) is 6.74. The predicted octanol–water partition coefficient (Wildman–Crippen LogP) is 2.87. The summed E-state index contributed by atoms with van der Waals surface area (Å²) in [5.74, 6) is -3.76. The first kappa shape index (κ1) is 16.2. The summed E-state index contributed by atoms with van der Waals surface area (Å²) in [6.07, 6.45) is 0. The molecule has 0 fully saturated rings. The zero-order chi connectivity index (χ0) is 17.0. The molecule has 0 aliphatic rings. The van der Waals surface area contributed by atoms with E-state index in [2.05, 4.69) is 0 Å². The van der Waals surface area contributed by atoms with E-state index in [-0.39, 0.29) is 11.1 Å². The Kier molecular flexibility index (Phi) is 4.75. The van der Waals surface area contributed by atoms with E-state index in [1.165, 1.54) is 30.3 Å². The zero-order valence-corrected chi connectivity index (χ0v) is 12.3. The van der Waals surface area contributed by atoms with Gasteiger partial charge in [-0.15, -0.1) is 0 Å². The molecule has 23 heavy (non-hydrogen) atoms. The van der Waals surface area contributed by atoms with Gasteiger partial charge in [0.1, 0.15) is 11.7 Å². The highest BCUT2D eigenvalue weighted by molar-refractivity contribution is 6.28. The molecule has 0 heterocycles. The molecule has 2 aromatic carbocycles. The zero-order valence-electron chi connectivity index (χ0n) is 12.3. The van der Waals surface area contributed by atoms with Crippen LogP contribution < -0.4 is 0 Å². The Labute approximate surface area is 131 Å². The van der Waals surface area contributed by atoms with Crippen molar-refractivity contribution < 1.29 is 19.3 Å². The molecule has 0 amide bonds. The fraction of sp³-hybridized carbons (Fsp3) is 0.118. The first-order chi connectivity index (χ1) is 10.9. The van der Waals surface area contributed by atoms with Gasteiger partial charge in [-0.2, -0.15) is 0 Å². The Balaban J connectivity index is 2.47. The van der Waals surface area contributed by atoms with E-state index in [1.54, 1.807) is 18.2 Å². The van der Waals surface area contributed by atoms with Gasteiger partial charge in [0.15, 0.2) is 11.6 Å².